The van der Waals surface area contributed by atoms with Crippen molar-refractivity contribution >= 4 is 16.9 Å². The van der Waals surface area contributed by atoms with Crippen molar-refractivity contribution in [2.75, 3.05) is 0 Å². The molecule has 0 aliphatic heterocycles. The molecule has 0 radical (unpaired) electrons. The van der Waals surface area contributed by atoms with Gasteiger partial charge < -0.3 is 9.73 Å². The molecule has 3 aromatic rings. The zero-order chi connectivity index (χ0) is 14.7. The largest absolute Gasteiger partial charge is 0.438 e. The molecule has 0 unspecified atom stereocenters. The van der Waals surface area contributed by atoms with Crippen molar-refractivity contribution in [3.05, 3.63) is 71.5 Å². The number of hydrogen-bond donors (Lipinski definition) is 2. The quantitative estimate of drug-likeness (QED) is 0.771. The van der Waals surface area contributed by atoms with Crippen LogP contribution in [0.15, 0.2) is 59.1 Å². The van der Waals surface area contributed by atoms with Gasteiger partial charge in [0.2, 0.25) is 5.55 Å². The number of para-hydroxylation sites is 1. The van der Waals surface area contributed by atoms with Crippen LogP contribution in [0.1, 0.15) is 16.1 Å². The van der Waals surface area contributed by atoms with Gasteiger partial charge in [0.05, 0.1) is 12.2 Å². The second-order valence-electron chi connectivity index (χ2n) is 4.53. The van der Waals surface area contributed by atoms with Crippen molar-refractivity contribution in [1.29, 1.82) is 5.41 Å². The number of fused-ring (bicyclic) bond motifs is 1. The standard InChI is InChI=1S/C16H13N3O2/c17-15-13(9-11-5-1-2-7-14(11)21-15)16(20)19-10-12-6-3-4-8-18-12/h1-9,17H,10H2,(H,19,20). The summed E-state index contributed by atoms with van der Waals surface area (Å²) in [5.41, 5.74) is 1.41. The molecule has 2 N–H and O–H groups in total. The summed E-state index contributed by atoms with van der Waals surface area (Å²) >= 11 is 0. The molecule has 0 bridgehead atoms. The number of nitrogens with zero attached hydrogens (tertiary/aromatic N) is 1. The second-order valence-corrected chi connectivity index (χ2v) is 4.53. The van der Waals surface area contributed by atoms with Crippen LogP contribution in [0, 0.1) is 5.41 Å². The number of aromatic nitrogens is 1. The minimum atomic E-state index is -0.347. The molecule has 0 aliphatic carbocycles. The number of carbonyl (C=O) groups excluding carboxylic acids is 1. The molecule has 0 saturated carbocycles. The van der Waals surface area contributed by atoms with Crippen molar-refractivity contribution in [2.24, 2.45) is 0 Å². The molecule has 1 amide bonds. The van der Waals surface area contributed by atoms with E-state index in [1.54, 1.807) is 18.3 Å². The second kappa shape index (κ2) is 5.58. The van der Waals surface area contributed by atoms with Gasteiger partial charge in [-0.25, -0.2) is 0 Å². The Hall–Kier alpha value is -2.95. The fourth-order valence-electron chi connectivity index (χ4n) is 2.02. The molecule has 2 aromatic heterocycles. The van der Waals surface area contributed by atoms with E-state index in [0.29, 0.717) is 12.1 Å². The monoisotopic (exact) mass is 279 g/mol. The van der Waals surface area contributed by atoms with Crippen molar-refractivity contribution < 1.29 is 9.21 Å². The summed E-state index contributed by atoms with van der Waals surface area (Å²) in [6.07, 6.45) is 1.67. The Morgan fingerprint density at radius 1 is 1.19 bits per heavy atom. The third kappa shape index (κ3) is 2.81. The van der Waals surface area contributed by atoms with E-state index in [1.165, 1.54) is 0 Å². The fourth-order valence-corrected chi connectivity index (χ4v) is 2.02. The van der Waals surface area contributed by atoms with Crippen LogP contribution in [-0.4, -0.2) is 10.9 Å². The first-order valence-electron chi connectivity index (χ1n) is 6.49. The zero-order valence-corrected chi connectivity index (χ0v) is 11.2. The van der Waals surface area contributed by atoms with E-state index in [1.807, 2.05) is 36.4 Å². The number of amides is 1. The molecule has 5 heteroatoms. The lowest BCUT2D eigenvalue weighted by atomic mass is 10.2. The van der Waals surface area contributed by atoms with E-state index in [2.05, 4.69) is 10.3 Å². The number of nitrogens with one attached hydrogen (secondary N) is 2. The Morgan fingerprint density at radius 2 is 2.00 bits per heavy atom. The number of rotatable bonds is 3. The van der Waals surface area contributed by atoms with Crippen LogP contribution in [-0.2, 0) is 6.54 Å². The predicted octanol–water partition coefficient (Wildman–Crippen LogP) is 2.24. The van der Waals surface area contributed by atoms with E-state index >= 15 is 0 Å². The molecule has 0 atom stereocenters. The smallest absolute Gasteiger partial charge is 0.257 e. The topological polar surface area (TPSA) is 79.0 Å². The molecule has 0 spiro atoms. The van der Waals surface area contributed by atoms with E-state index < -0.39 is 0 Å². The van der Waals surface area contributed by atoms with Gasteiger partial charge in [-0.2, -0.15) is 0 Å². The van der Waals surface area contributed by atoms with E-state index in [-0.39, 0.29) is 17.0 Å². The highest BCUT2D eigenvalue weighted by molar-refractivity contribution is 5.96. The number of pyridine rings is 1. The van der Waals surface area contributed by atoms with Gasteiger partial charge in [-0.3, -0.25) is 15.2 Å². The highest BCUT2D eigenvalue weighted by Crippen LogP contribution is 2.12. The lowest BCUT2D eigenvalue weighted by molar-refractivity contribution is 0.0946. The molecule has 0 aliphatic rings. The Morgan fingerprint density at radius 3 is 2.81 bits per heavy atom. The third-order valence-corrected chi connectivity index (χ3v) is 3.08. The molecular formula is C16H13N3O2. The lowest BCUT2D eigenvalue weighted by Crippen LogP contribution is -2.28. The summed E-state index contributed by atoms with van der Waals surface area (Å²) in [4.78, 5) is 16.3. The minimum Gasteiger partial charge on any atom is -0.438 e. The molecule has 5 nitrogen and oxygen atoms in total. The number of benzene rings is 1. The van der Waals surface area contributed by atoms with Crippen LogP contribution >= 0.6 is 0 Å². The maximum absolute atomic E-state index is 12.2. The van der Waals surface area contributed by atoms with Gasteiger partial charge >= 0.3 is 0 Å². The Labute approximate surface area is 120 Å². The van der Waals surface area contributed by atoms with Gasteiger partial charge in [0.15, 0.2) is 0 Å². The average Bonchev–Trinajstić information content (AvgIpc) is 2.53. The summed E-state index contributed by atoms with van der Waals surface area (Å²) in [7, 11) is 0. The molecule has 0 saturated heterocycles. The van der Waals surface area contributed by atoms with Crippen LogP contribution in [0.2, 0.25) is 0 Å². The van der Waals surface area contributed by atoms with Crippen LogP contribution < -0.4 is 10.9 Å². The molecule has 0 fully saturated rings. The summed E-state index contributed by atoms with van der Waals surface area (Å²) < 4.78 is 5.36. The van der Waals surface area contributed by atoms with Crippen molar-refractivity contribution in [3.8, 4) is 0 Å². The lowest BCUT2D eigenvalue weighted by Gasteiger charge is -2.05. The molecule has 1 aromatic carbocycles. The maximum Gasteiger partial charge on any atom is 0.257 e. The minimum absolute atomic E-state index is 0.146. The van der Waals surface area contributed by atoms with E-state index in [9.17, 15) is 4.79 Å². The highest BCUT2D eigenvalue weighted by Gasteiger charge is 2.11. The van der Waals surface area contributed by atoms with Gasteiger partial charge in [0.25, 0.3) is 5.91 Å². The average molecular weight is 279 g/mol. The van der Waals surface area contributed by atoms with Gasteiger partial charge in [0, 0.05) is 11.6 Å². The first-order chi connectivity index (χ1) is 10.2. The zero-order valence-electron chi connectivity index (χ0n) is 11.2. The first kappa shape index (κ1) is 13.1. The van der Waals surface area contributed by atoms with Gasteiger partial charge in [-0.1, -0.05) is 24.3 Å². The molecular weight excluding hydrogens is 266 g/mol. The third-order valence-electron chi connectivity index (χ3n) is 3.08. The summed E-state index contributed by atoms with van der Waals surface area (Å²) in [6, 6.07) is 14.5. The SMILES string of the molecule is N=c1oc2ccccc2cc1C(=O)NCc1ccccn1. The molecule has 104 valence electrons. The van der Waals surface area contributed by atoms with Gasteiger partial charge in [-0.15, -0.1) is 0 Å². The van der Waals surface area contributed by atoms with Crippen molar-refractivity contribution in [2.45, 2.75) is 6.54 Å². The maximum atomic E-state index is 12.2. The summed E-state index contributed by atoms with van der Waals surface area (Å²) in [6.45, 7) is 0.311. The van der Waals surface area contributed by atoms with Crippen LogP contribution in [0.4, 0.5) is 0 Å². The Bertz CT molecular complexity index is 841. The van der Waals surface area contributed by atoms with Crippen molar-refractivity contribution in [1.82, 2.24) is 10.3 Å². The Kier molecular flexibility index (Phi) is 3.47. The van der Waals surface area contributed by atoms with Crippen LogP contribution in [0.3, 0.4) is 0 Å². The highest BCUT2D eigenvalue weighted by atomic mass is 16.3. The number of hydrogen-bond acceptors (Lipinski definition) is 4. The molecule has 3 rings (SSSR count). The van der Waals surface area contributed by atoms with E-state index in [4.69, 9.17) is 9.83 Å². The fraction of sp³-hybridized carbons (Fsp3) is 0.0625. The van der Waals surface area contributed by atoms with Crippen molar-refractivity contribution in [3.63, 3.8) is 0 Å². The predicted molar refractivity (Wildman–Crippen MR) is 77.5 cm³/mol. The molecule has 2 heterocycles. The Balaban J connectivity index is 1.84. The first-order valence-corrected chi connectivity index (χ1v) is 6.49. The van der Waals surface area contributed by atoms with Gasteiger partial charge in [-0.05, 0) is 24.3 Å². The molecule has 21 heavy (non-hydrogen) atoms. The normalized spacial score (nSPS) is 10.5. The number of carbonyl (C=O) groups is 1. The van der Waals surface area contributed by atoms with E-state index in [0.717, 1.165) is 11.1 Å². The van der Waals surface area contributed by atoms with Crippen LogP contribution in [0.5, 0.6) is 0 Å². The summed E-state index contributed by atoms with van der Waals surface area (Å²) in [5.74, 6) is -0.347. The van der Waals surface area contributed by atoms with Crippen LogP contribution in [0.25, 0.3) is 11.0 Å². The van der Waals surface area contributed by atoms with Gasteiger partial charge in [0.1, 0.15) is 11.1 Å². The summed E-state index contributed by atoms with van der Waals surface area (Å²) in [5, 5.41) is 11.4.